The summed E-state index contributed by atoms with van der Waals surface area (Å²) in [7, 11) is 0. The SMILES string of the molecule is CC1CC(OC(=O)C(C)(C)C)CCC1=O. The molecule has 0 saturated heterocycles. The van der Waals surface area contributed by atoms with Crippen LogP contribution in [0, 0.1) is 11.3 Å². The van der Waals surface area contributed by atoms with E-state index in [0.717, 1.165) is 0 Å². The molecule has 0 amide bonds. The molecule has 3 heteroatoms. The van der Waals surface area contributed by atoms with Crippen LogP contribution < -0.4 is 0 Å². The Kier molecular flexibility index (Phi) is 3.53. The number of ketones is 1. The van der Waals surface area contributed by atoms with E-state index in [-0.39, 0.29) is 23.8 Å². The van der Waals surface area contributed by atoms with Crippen molar-refractivity contribution in [2.45, 2.75) is 53.1 Å². The Labute approximate surface area is 91.2 Å². The Bertz CT molecular complexity index is 263. The van der Waals surface area contributed by atoms with Gasteiger partial charge in [-0.25, -0.2) is 0 Å². The molecule has 0 spiro atoms. The van der Waals surface area contributed by atoms with Crippen molar-refractivity contribution < 1.29 is 14.3 Å². The fourth-order valence-corrected chi connectivity index (χ4v) is 1.63. The first-order valence-corrected chi connectivity index (χ1v) is 5.54. The zero-order chi connectivity index (χ0) is 11.6. The van der Waals surface area contributed by atoms with Crippen LogP contribution in [0.15, 0.2) is 0 Å². The maximum absolute atomic E-state index is 11.6. The molecule has 2 atom stereocenters. The van der Waals surface area contributed by atoms with Crippen LogP contribution in [0.5, 0.6) is 0 Å². The number of hydrogen-bond donors (Lipinski definition) is 0. The molecule has 0 aromatic rings. The first-order valence-electron chi connectivity index (χ1n) is 5.54. The fourth-order valence-electron chi connectivity index (χ4n) is 1.63. The number of carbonyl (C=O) groups excluding carboxylic acids is 2. The maximum Gasteiger partial charge on any atom is 0.311 e. The van der Waals surface area contributed by atoms with Gasteiger partial charge in [0.1, 0.15) is 11.9 Å². The molecule has 0 heterocycles. The molecular formula is C12H20O3. The second-order valence-corrected chi connectivity index (χ2v) is 5.42. The van der Waals surface area contributed by atoms with E-state index in [1.165, 1.54) is 0 Å². The number of carbonyl (C=O) groups is 2. The second kappa shape index (κ2) is 4.33. The lowest BCUT2D eigenvalue weighted by molar-refractivity contribution is -0.162. The normalized spacial score (nSPS) is 27.6. The lowest BCUT2D eigenvalue weighted by Crippen LogP contribution is -2.33. The third kappa shape index (κ3) is 3.33. The summed E-state index contributed by atoms with van der Waals surface area (Å²) in [5, 5.41) is 0. The zero-order valence-electron chi connectivity index (χ0n) is 10.0. The standard InChI is InChI=1S/C12H20O3/c1-8-7-9(5-6-10(8)13)15-11(14)12(2,3)4/h8-9H,5-7H2,1-4H3. The van der Waals surface area contributed by atoms with Crippen molar-refractivity contribution in [2.24, 2.45) is 11.3 Å². The minimum Gasteiger partial charge on any atom is -0.462 e. The van der Waals surface area contributed by atoms with Crippen molar-refractivity contribution in [3.05, 3.63) is 0 Å². The number of Topliss-reactive ketones (excluding diaryl/α,β-unsaturated/α-hetero) is 1. The number of rotatable bonds is 1. The molecule has 2 unspecified atom stereocenters. The first kappa shape index (κ1) is 12.2. The largest absolute Gasteiger partial charge is 0.462 e. The molecule has 0 bridgehead atoms. The smallest absolute Gasteiger partial charge is 0.311 e. The Balaban J connectivity index is 2.47. The van der Waals surface area contributed by atoms with Crippen molar-refractivity contribution in [3.8, 4) is 0 Å². The van der Waals surface area contributed by atoms with Gasteiger partial charge in [-0.1, -0.05) is 6.92 Å². The topological polar surface area (TPSA) is 43.4 Å². The van der Waals surface area contributed by atoms with Gasteiger partial charge >= 0.3 is 5.97 Å². The molecule has 1 saturated carbocycles. The van der Waals surface area contributed by atoms with Crippen molar-refractivity contribution >= 4 is 11.8 Å². The van der Waals surface area contributed by atoms with Crippen LogP contribution in [0.2, 0.25) is 0 Å². The van der Waals surface area contributed by atoms with E-state index in [9.17, 15) is 9.59 Å². The lowest BCUT2D eigenvalue weighted by atomic mass is 9.87. The molecule has 0 radical (unpaired) electrons. The predicted octanol–water partition coefficient (Wildman–Crippen LogP) is 2.33. The summed E-state index contributed by atoms with van der Waals surface area (Å²) in [6.45, 7) is 7.42. The number of ether oxygens (including phenoxy) is 1. The van der Waals surface area contributed by atoms with Gasteiger partial charge in [-0.2, -0.15) is 0 Å². The summed E-state index contributed by atoms with van der Waals surface area (Å²) in [5.74, 6) is 0.156. The van der Waals surface area contributed by atoms with Gasteiger partial charge in [0, 0.05) is 12.3 Å². The van der Waals surface area contributed by atoms with E-state index in [4.69, 9.17) is 4.74 Å². The van der Waals surface area contributed by atoms with E-state index < -0.39 is 5.41 Å². The summed E-state index contributed by atoms with van der Waals surface area (Å²) in [6.07, 6.45) is 1.85. The van der Waals surface area contributed by atoms with Crippen molar-refractivity contribution in [1.29, 1.82) is 0 Å². The summed E-state index contributed by atoms with van der Waals surface area (Å²) >= 11 is 0. The summed E-state index contributed by atoms with van der Waals surface area (Å²) < 4.78 is 5.38. The molecule has 0 N–H and O–H groups in total. The molecule has 1 aliphatic carbocycles. The molecule has 0 aliphatic heterocycles. The van der Waals surface area contributed by atoms with Crippen LogP contribution in [0.25, 0.3) is 0 Å². The molecule has 1 fully saturated rings. The van der Waals surface area contributed by atoms with Crippen molar-refractivity contribution in [2.75, 3.05) is 0 Å². The highest BCUT2D eigenvalue weighted by Gasteiger charge is 2.31. The van der Waals surface area contributed by atoms with Crippen molar-refractivity contribution in [3.63, 3.8) is 0 Å². The van der Waals surface area contributed by atoms with Crippen LogP contribution >= 0.6 is 0 Å². The third-order valence-corrected chi connectivity index (χ3v) is 2.76. The Morgan fingerprint density at radius 3 is 2.47 bits per heavy atom. The Hall–Kier alpha value is -0.860. The van der Waals surface area contributed by atoms with Crippen LogP contribution in [-0.2, 0) is 14.3 Å². The quantitative estimate of drug-likeness (QED) is 0.626. The van der Waals surface area contributed by atoms with Gasteiger partial charge in [0.25, 0.3) is 0 Å². The van der Waals surface area contributed by atoms with Gasteiger partial charge in [0.2, 0.25) is 0 Å². The molecule has 0 aromatic heterocycles. The monoisotopic (exact) mass is 212 g/mol. The number of hydrogen-bond acceptors (Lipinski definition) is 3. The van der Waals surface area contributed by atoms with Crippen LogP contribution in [0.3, 0.4) is 0 Å². The van der Waals surface area contributed by atoms with Gasteiger partial charge in [0.05, 0.1) is 5.41 Å². The molecular weight excluding hydrogens is 192 g/mol. The van der Waals surface area contributed by atoms with Gasteiger partial charge in [-0.15, -0.1) is 0 Å². The van der Waals surface area contributed by atoms with Gasteiger partial charge in [0.15, 0.2) is 0 Å². The fraction of sp³-hybridized carbons (Fsp3) is 0.833. The molecule has 1 aliphatic rings. The van der Waals surface area contributed by atoms with E-state index >= 15 is 0 Å². The van der Waals surface area contributed by atoms with Crippen LogP contribution in [0.4, 0.5) is 0 Å². The highest BCUT2D eigenvalue weighted by molar-refractivity contribution is 5.81. The van der Waals surface area contributed by atoms with Gasteiger partial charge in [-0.05, 0) is 33.6 Å². The van der Waals surface area contributed by atoms with Crippen LogP contribution in [-0.4, -0.2) is 17.9 Å². The summed E-state index contributed by atoms with van der Waals surface area (Å²) in [4.78, 5) is 22.9. The Morgan fingerprint density at radius 1 is 1.40 bits per heavy atom. The maximum atomic E-state index is 11.6. The molecule has 86 valence electrons. The molecule has 3 nitrogen and oxygen atoms in total. The van der Waals surface area contributed by atoms with Gasteiger partial charge < -0.3 is 4.74 Å². The van der Waals surface area contributed by atoms with Gasteiger partial charge in [-0.3, -0.25) is 9.59 Å². The average Bonchev–Trinajstić information content (AvgIpc) is 2.10. The lowest BCUT2D eigenvalue weighted by Gasteiger charge is -2.28. The van der Waals surface area contributed by atoms with Crippen molar-refractivity contribution in [1.82, 2.24) is 0 Å². The highest BCUT2D eigenvalue weighted by Crippen LogP contribution is 2.26. The predicted molar refractivity (Wildman–Crippen MR) is 57.4 cm³/mol. The molecule has 1 rings (SSSR count). The molecule has 15 heavy (non-hydrogen) atoms. The highest BCUT2D eigenvalue weighted by atomic mass is 16.5. The summed E-state index contributed by atoms with van der Waals surface area (Å²) in [5.41, 5.74) is -0.454. The minimum atomic E-state index is -0.454. The first-order chi connectivity index (χ1) is 6.80. The van der Waals surface area contributed by atoms with E-state index in [0.29, 0.717) is 19.3 Å². The molecule has 0 aromatic carbocycles. The van der Waals surface area contributed by atoms with E-state index in [1.807, 2.05) is 27.7 Å². The Morgan fingerprint density at radius 2 is 2.00 bits per heavy atom. The summed E-state index contributed by atoms with van der Waals surface area (Å²) in [6, 6.07) is 0. The average molecular weight is 212 g/mol. The zero-order valence-corrected chi connectivity index (χ0v) is 10.0. The van der Waals surface area contributed by atoms with Crippen LogP contribution in [0.1, 0.15) is 47.0 Å². The van der Waals surface area contributed by atoms with E-state index in [2.05, 4.69) is 0 Å². The number of esters is 1. The van der Waals surface area contributed by atoms with E-state index in [1.54, 1.807) is 0 Å². The third-order valence-electron chi connectivity index (χ3n) is 2.76. The second-order valence-electron chi connectivity index (χ2n) is 5.42. The minimum absolute atomic E-state index is 0.0384.